The van der Waals surface area contributed by atoms with Crippen LogP contribution in [0.3, 0.4) is 0 Å². The normalized spacial score (nSPS) is 11.2. The number of methoxy groups -OCH3 is 1. The van der Waals surface area contributed by atoms with Crippen LogP contribution in [0.4, 0.5) is 16.2 Å². The predicted octanol–water partition coefficient (Wildman–Crippen LogP) is 3.78. The molecule has 1 aromatic heterocycles. The molecule has 0 unspecified atom stereocenters. The van der Waals surface area contributed by atoms with E-state index in [0.29, 0.717) is 11.4 Å². The first kappa shape index (κ1) is 17.3. The maximum atomic E-state index is 11.3. The third-order valence-corrected chi connectivity index (χ3v) is 3.51. The molecule has 0 aliphatic rings. The summed E-state index contributed by atoms with van der Waals surface area (Å²) >= 11 is 0. The molecule has 0 atom stereocenters. The highest BCUT2D eigenvalue weighted by Gasteiger charge is 2.24. The van der Waals surface area contributed by atoms with Crippen LogP contribution in [0.15, 0.2) is 30.5 Å². The van der Waals surface area contributed by atoms with Crippen LogP contribution in [0, 0.1) is 10.1 Å². The molecule has 0 radical (unpaired) electrons. The van der Waals surface area contributed by atoms with E-state index in [9.17, 15) is 14.9 Å². The Morgan fingerprint density at radius 2 is 2.04 bits per heavy atom. The number of aromatic nitrogens is 1. The van der Waals surface area contributed by atoms with Gasteiger partial charge in [0.1, 0.15) is 11.4 Å². The predicted molar refractivity (Wildman–Crippen MR) is 89.3 cm³/mol. The molecule has 1 aromatic carbocycles. The van der Waals surface area contributed by atoms with Crippen molar-refractivity contribution in [3.05, 3.63) is 46.3 Å². The fourth-order valence-electron chi connectivity index (χ4n) is 2.48. The number of ether oxygens (including phenoxy) is 1. The van der Waals surface area contributed by atoms with Gasteiger partial charge in [0.15, 0.2) is 0 Å². The molecule has 0 saturated carbocycles. The number of rotatable bonds is 4. The number of nitro groups is 1. The zero-order valence-corrected chi connectivity index (χ0v) is 13.9. The van der Waals surface area contributed by atoms with Gasteiger partial charge in [0, 0.05) is 29.4 Å². The van der Waals surface area contributed by atoms with Gasteiger partial charge in [-0.1, -0.05) is 20.8 Å². The molecule has 128 valence electrons. The number of hydrogen-bond acceptors (Lipinski definition) is 4. The summed E-state index contributed by atoms with van der Waals surface area (Å²) in [6.07, 6.45) is 0.399. The number of benzene rings is 1. The number of nitro benzene ring substituents is 1. The summed E-state index contributed by atoms with van der Waals surface area (Å²) in [6, 6.07) is 6.39. The van der Waals surface area contributed by atoms with Gasteiger partial charge in [-0.25, -0.2) is 4.79 Å². The number of nitrogens with one attached hydrogen (secondary N) is 1. The van der Waals surface area contributed by atoms with Crippen LogP contribution in [-0.4, -0.2) is 27.8 Å². The Kier molecular flexibility index (Phi) is 4.50. The molecule has 0 aliphatic heterocycles. The van der Waals surface area contributed by atoms with Gasteiger partial charge in [-0.05, 0) is 12.1 Å². The molecule has 2 rings (SSSR count). The number of nitrogens with zero attached hydrogens (tertiary/aromatic N) is 2. The lowest BCUT2D eigenvalue weighted by molar-refractivity contribution is -0.383. The minimum atomic E-state index is -1.38. The fraction of sp³-hybridized carbons (Fsp3) is 0.312. The van der Waals surface area contributed by atoms with Crippen molar-refractivity contribution >= 4 is 17.5 Å². The van der Waals surface area contributed by atoms with Crippen LogP contribution in [0.5, 0.6) is 5.75 Å². The molecular formula is C16H19N3O5. The van der Waals surface area contributed by atoms with Gasteiger partial charge >= 0.3 is 6.09 Å². The second-order valence-corrected chi connectivity index (χ2v) is 6.24. The van der Waals surface area contributed by atoms with Crippen molar-refractivity contribution in [2.45, 2.75) is 26.2 Å². The number of carbonyl (C=O) groups is 1. The Hall–Kier alpha value is -3.03. The van der Waals surface area contributed by atoms with Crippen LogP contribution < -0.4 is 10.1 Å². The maximum Gasteiger partial charge on any atom is 0.409 e. The van der Waals surface area contributed by atoms with E-state index < -0.39 is 11.0 Å². The summed E-state index contributed by atoms with van der Waals surface area (Å²) in [7, 11) is 1.43. The Labute approximate surface area is 138 Å². The van der Waals surface area contributed by atoms with Gasteiger partial charge in [-0.15, -0.1) is 0 Å². The zero-order chi connectivity index (χ0) is 18.1. The third-order valence-electron chi connectivity index (χ3n) is 3.51. The Balaban J connectivity index is 2.71. The maximum absolute atomic E-state index is 11.3. The molecule has 8 heteroatoms. The topological polar surface area (TPSA) is 107 Å². The van der Waals surface area contributed by atoms with Crippen LogP contribution in [-0.2, 0) is 5.41 Å². The lowest BCUT2D eigenvalue weighted by Crippen LogP contribution is -2.17. The highest BCUT2D eigenvalue weighted by atomic mass is 16.6. The van der Waals surface area contributed by atoms with Crippen molar-refractivity contribution in [3.8, 4) is 11.4 Å². The van der Waals surface area contributed by atoms with Crippen molar-refractivity contribution in [1.29, 1.82) is 0 Å². The van der Waals surface area contributed by atoms with Gasteiger partial charge in [0.05, 0.1) is 17.7 Å². The van der Waals surface area contributed by atoms with Gasteiger partial charge in [-0.2, -0.15) is 0 Å². The first-order valence-corrected chi connectivity index (χ1v) is 7.19. The van der Waals surface area contributed by atoms with Gasteiger partial charge in [0.25, 0.3) is 5.69 Å². The Morgan fingerprint density at radius 3 is 2.54 bits per heavy atom. The summed E-state index contributed by atoms with van der Waals surface area (Å²) < 4.78 is 7.12. The fourth-order valence-corrected chi connectivity index (χ4v) is 2.48. The Bertz CT molecular complexity index is 789. The van der Waals surface area contributed by atoms with Gasteiger partial charge in [0.2, 0.25) is 0 Å². The Morgan fingerprint density at radius 1 is 1.38 bits per heavy atom. The highest BCUT2D eigenvalue weighted by molar-refractivity contribution is 5.88. The molecule has 8 nitrogen and oxygen atoms in total. The van der Waals surface area contributed by atoms with Crippen LogP contribution in [0.25, 0.3) is 5.69 Å². The van der Waals surface area contributed by atoms with Crippen LogP contribution in [0.2, 0.25) is 0 Å². The minimum Gasteiger partial charge on any atom is -0.494 e. The lowest BCUT2D eigenvalue weighted by atomic mass is 9.92. The van der Waals surface area contributed by atoms with Crippen molar-refractivity contribution in [3.63, 3.8) is 0 Å². The number of anilines is 1. The summed E-state index contributed by atoms with van der Waals surface area (Å²) in [5.74, 6) is 0.325. The van der Waals surface area contributed by atoms with Crippen molar-refractivity contribution < 1.29 is 19.6 Å². The first-order chi connectivity index (χ1) is 11.1. The van der Waals surface area contributed by atoms with E-state index in [4.69, 9.17) is 9.84 Å². The molecule has 0 spiro atoms. The van der Waals surface area contributed by atoms with Gasteiger partial charge < -0.3 is 14.4 Å². The molecule has 0 saturated heterocycles. The van der Waals surface area contributed by atoms with E-state index in [1.165, 1.54) is 19.2 Å². The first-order valence-electron chi connectivity index (χ1n) is 7.19. The molecule has 24 heavy (non-hydrogen) atoms. The van der Waals surface area contributed by atoms with E-state index >= 15 is 0 Å². The van der Waals surface area contributed by atoms with Crippen LogP contribution >= 0.6 is 0 Å². The molecule has 0 fully saturated rings. The molecule has 0 aliphatic carbocycles. The monoisotopic (exact) mass is 333 g/mol. The van der Waals surface area contributed by atoms with E-state index in [0.717, 1.165) is 5.69 Å². The van der Waals surface area contributed by atoms with E-state index in [-0.39, 0.29) is 16.8 Å². The third kappa shape index (κ3) is 3.32. The molecule has 2 aromatic rings. The highest BCUT2D eigenvalue weighted by Crippen LogP contribution is 2.37. The average Bonchev–Trinajstić information content (AvgIpc) is 2.95. The standard InChI is InChI=1S/C16H19N3O5/c1-16(2,3)14-6-5-7-18(14)12-9-11(19(22)23)10(17-15(20)21)8-13(12)24-4/h5-9,17H,1-4H3,(H,20,21). The molecule has 0 bridgehead atoms. The number of amides is 1. The number of carboxylic acid groups (broad SMARTS) is 1. The molecule has 2 N–H and O–H groups in total. The van der Waals surface area contributed by atoms with Crippen molar-refractivity contribution in [2.75, 3.05) is 12.4 Å². The molecular weight excluding hydrogens is 314 g/mol. The SMILES string of the molecule is COc1cc(NC(=O)O)c([N+](=O)[O-])cc1-n1cccc1C(C)(C)C. The minimum absolute atomic E-state index is 0.141. The smallest absolute Gasteiger partial charge is 0.409 e. The van der Waals surface area contributed by atoms with E-state index in [2.05, 4.69) is 0 Å². The second-order valence-electron chi connectivity index (χ2n) is 6.24. The van der Waals surface area contributed by atoms with Crippen molar-refractivity contribution in [2.24, 2.45) is 0 Å². The number of hydrogen-bond donors (Lipinski definition) is 2. The lowest BCUT2D eigenvalue weighted by Gasteiger charge is -2.23. The average molecular weight is 333 g/mol. The van der Waals surface area contributed by atoms with Crippen molar-refractivity contribution in [1.82, 2.24) is 4.57 Å². The second kappa shape index (κ2) is 6.23. The summed E-state index contributed by atoms with van der Waals surface area (Å²) in [6.45, 7) is 6.08. The summed E-state index contributed by atoms with van der Waals surface area (Å²) in [5, 5.41) is 22.2. The van der Waals surface area contributed by atoms with Crippen LogP contribution in [0.1, 0.15) is 26.5 Å². The molecule has 1 heterocycles. The zero-order valence-electron chi connectivity index (χ0n) is 13.9. The summed E-state index contributed by atoms with van der Waals surface area (Å²) in [5.41, 5.74) is 0.727. The van der Waals surface area contributed by atoms with E-state index in [1.807, 2.05) is 38.2 Å². The largest absolute Gasteiger partial charge is 0.494 e. The summed E-state index contributed by atoms with van der Waals surface area (Å²) in [4.78, 5) is 21.6. The van der Waals surface area contributed by atoms with E-state index in [1.54, 1.807) is 10.8 Å². The van der Waals surface area contributed by atoms with Gasteiger partial charge in [-0.3, -0.25) is 15.4 Å². The quantitative estimate of drug-likeness (QED) is 0.654. The molecule has 1 amide bonds.